The number of hydrogen-bond donors (Lipinski definition) is 0. The quantitative estimate of drug-likeness (QED) is 0.858. The van der Waals surface area contributed by atoms with Crippen LogP contribution in [-0.4, -0.2) is 4.98 Å². The van der Waals surface area contributed by atoms with Gasteiger partial charge in [0.15, 0.2) is 0 Å². The predicted octanol–water partition coefficient (Wildman–Crippen LogP) is 3.56. The van der Waals surface area contributed by atoms with Crippen molar-refractivity contribution < 1.29 is 9.13 Å². The molecule has 0 atom stereocenters. The molecule has 16 heavy (non-hydrogen) atoms. The third kappa shape index (κ3) is 2.79. The second-order valence-corrected chi connectivity index (χ2v) is 4.13. The Labute approximate surface area is 101 Å². The van der Waals surface area contributed by atoms with E-state index >= 15 is 0 Å². The van der Waals surface area contributed by atoms with Crippen molar-refractivity contribution in [3.63, 3.8) is 0 Å². The van der Waals surface area contributed by atoms with Crippen molar-refractivity contribution in [2.24, 2.45) is 0 Å². The molecule has 0 saturated carbocycles. The summed E-state index contributed by atoms with van der Waals surface area (Å²) in [7, 11) is 0. The molecule has 0 N–H and O–H groups in total. The van der Waals surface area contributed by atoms with E-state index in [4.69, 9.17) is 4.74 Å². The van der Waals surface area contributed by atoms with E-state index < -0.39 is 0 Å². The van der Waals surface area contributed by atoms with Gasteiger partial charge >= 0.3 is 0 Å². The van der Waals surface area contributed by atoms with Crippen molar-refractivity contribution in [1.29, 1.82) is 0 Å². The number of aromatic nitrogens is 1. The predicted molar refractivity (Wildman–Crippen MR) is 62.7 cm³/mol. The third-order valence-corrected chi connectivity index (χ3v) is 2.53. The first-order valence-corrected chi connectivity index (χ1v) is 5.52. The Morgan fingerprint density at radius 2 is 2.19 bits per heavy atom. The van der Waals surface area contributed by atoms with E-state index in [-0.39, 0.29) is 12.4 Å². The molecule has 2 rings (SSSR count). The summed E-state index contributed by atoms with van der Waals surface area (Å²) in [6.45, 7) is 0.191. The zero-order valence-electron chi connectivity index (χ0n) is 8.36. The van der Waals surface area contributed by atoms with E-state index in [1.165, 1.54) is 6.07 Å². The van der Waals surface area contributed by atoms with Gasteiger partial charge in [0.1, 0.15) is 18.2 Å². The molecule has 0 aliphatic rings. The molecule has 0 aliphatic heterocycles. The second-order valence-electron chi connectivity index (χ2n) is 3.21. The van der Waals surface area contributed by atoms with Crippen LogP contribution in [-0.2, 0) is 6.61 Å². The standard InChI is InChI=1S/C12H9BrFNO/c13-10-3-4-12(14)9(6-10)8-16-11-2-1-5-15-7-11/h1-7H,8H2. The van der Waals surface area contributed by atoms with Crippen LogP contribution in [0.5, 0.6) is 5.75 Å². The van der Waals surface area contributed by atoms with Crippen molar-refractivity contribution in [3.05, 3.63) is 58.6 Å². The summed E-state index contributed by atoms with van der Waals surface area (Å²) in [6, 6.07) is 8.32. The van der Waals surface area contributed by atoms with Crippen LogP contribution in [0.3, 0.4) is 0 Å². The molecule has 0 radical (unpaired) electrons. The smallest absolute Gasteiger partial charge is 0.138 e. The summed E-state index contributed by atoms with van der Waals surface area (Å²) in [4.78, 5) is 3.91. The van der Waals surface area contributed by atoms with E-state index in [1.54, 1.807) is 36.7 Å². The summed E-state index contributed by atoms with van der Waals surface area (Å²) in [5, 5.41) is 0. The van der Waals surface area contributed by atoms with E-state index in [1.807, 2.05) is 0 Å². The lowest BCUT2D eigenvalue weighted by Gasteiger charge is -2.06. The highest BCUT2D eigenvalue weighted by Crippen LogP contribution is 2.17. The molecule has 2 nitrogen and oxygen atoms in total. The van der Waals surface area contributed by atoms with Crippen LogP contribution in [0, 0.1) is 5.82 Å². The van der Waals surface area contributed by atoms with Crippen LogP contribution in [0.25, 0.3) is 0 Å². The SMILES string of the molecule is Fc1ccc(Br)cc1COc1cccnc1. The van der Waals surface area contributed by atoms with Crippen molar-refractivity contribution in [3.8, 4) is 5.75 Å². The maximum absolute atomic E-state index is 13.4. The molecule has 2 aromatic rings. The minimum Gasteiger partial charge on any atom is -0.487 e. The Morgan fingerprint density at radius 1 is 1.31 bits per heavy atom. The molecule has 0 fully saturated rings. The Kier molecular flexibility index (Phi) is 3.51. The molecule has 82 valence electrons. The highest BCUT2D eigenvalue weighted by Gasteiger charge is 2.03. The van der Waals surface area contributed by atoms with Crippen LogP contribution in [0.15, 0.2) is 47.2 Å². The van der Waals surface area contributed by atoms with Gasteiger partial charge in [0, 0.05) is 16.2 Å². The van der Waals surface area contributed by atoms with E-state index in [9.17, 15) is 4.39 Å². The molecular formula is C12H9BrFNO. The van der Waals surface area contributed by atoms with E-state index in [2.05, 4.69) is 20.9 Å². The zero-order valence-corrected chi connectivity index (χ0v) is 9.95. The molecule has 0 spiro atoms. The average Bonchev–Trinajstić information content (AvgIpc) is 2.32. The Morgan fingerprint density at radius 3 is 2.94 bits per heavy atom. The molecule has 0 bridgehead atoms. The molecule has 0 saturated heterocycles. The highest BCUT2D eigenvalue weighted by atomic mass is 79.9. The Bertz CT molecular complexity index is 476. The fraction of sp³-hybridized carbons (Fsp3) is 0.0833. The molecule has 0 unspecified atom stereocenters. The summed E-state index contributed by atoms with van der Waals surface area (Å²) in [6.07, 6.45) is 3.25. The van der Waals surface area contributed by atoms with Crippen molar-refractivity contribution >= 4 is 15.9 Å². The van der Waals surface area contributed by atoms with Crippen molar-refractivity contribution in [1.82, 2.24) is 4.98 Å². The van der Waals surface area contributed by atoms with Crippen LogP contribution >= 0.6 is 15.9 Å². The maximum atomic E-state index is 13.4. The molecular weight excluding hydrogens is 273 g/mol. The number of halogens is 2. The molecule has 4 heteroatoms. The van der Waals surface area contributed by atoms with Gasteiger partial charge in [-0.2, -0.15) is 0 Å². The molecule has 1 aromatic heterocycles. The van der Waals surface area contributed by atoms with Gasteiger partial charge in [-0.05, 0) is 30.3 Å². The monoisotopic (exact) mass is 281 g/mol. The summed E-state index contributed by atoms with van der Waals surface area (Å²) in [5.41, 5.74) is 0.512. The lowest BCUT2D eigenvalue weighted by molar-refractivity contribution is 0.298. The van der Waals surface area contributed by atoms with Gasteiger partial charge in [-0.3, -0.25) is 4.98 Å². The number of rotatable bonds is 3. The average molecular weight is 282 g/mol. The molecule has 0 amide bonds. The third-order valence-electron chi connectivity index (χ3n) is 2.04. The summed E-state index contributed by atoms with van der Waals surface area (Å²) < 4.78 is 19.6. The normalized spacial score (nSPS) is 10.1. The lowest BCUT2D eigenvalue weighted by atomic mass is 10.2. The van der Waals surface area contributed by atoms with Gasteiger partial charge in [-0.25, -0.2) is 4.39 Å². The first-order chi connectivity index (χ1) is 7.75. The van der Waals surface area contributed by atoms with Gasteiger partial charge in [-0.15, -0.1) is 0 Å². The number of nitrogens with zero attached hydrogens (tertiary/aromatic N) is 1. The van der Waals surface area contributed by atoms with Crippen LogP contribution in [0.1, 0.15) is 5.56 Å². The van der Waals surface area contributed by atoms with E-state index in [0.29, 0.717) is 11.3 Å². The minimum absolute atomic E-state index is 0.191. The topological polar surface area (TPSA) is 22.1 Å². The van der Waals surface area contributed by atoms with Gasteiger partial charge in [0.2, 0.25) is 0 Å². The van der Waals surface area contributed by atoms with Gasteiger partial charge in [0.25, 0.3) is 0 Å². The fourth-order valence-electron chi connectivity index (χ4n) is 1.25. The van der Waals surface area contributed by atoms with Crippen LogP contribution in [0.4, 0.5) is 4.39 Å². The number of pyridine rings is 1. The summed E-state index contributed by atoms with van der Waals surface area (Å²) >= 11 is 3.29. The molecule has 1 aromatic carbocycles. The molecule has 0 aliphatic carbocycles. The van der Waals surface area contributed by atoms with Crippen LogP contribution < -0.4 is 4.74 Å². The van der Waals surface area contributed by atoms with Crippen LogP contribution in [0.2, 0.25) is 0 Å². The first-order valence-electron chi connectivity index (χ1n) is 4.72. The van der Waals surface area contributed by atoms with E-state index in [0.717, 1.165) is 4.47 Å². The minimum atomic E-state index is -0.271. The Hall–Kier alpha value is -1.42. The number of ether oxygens (including phenoxy) is 1. The largest absolute Gasteiger partial charge is 0.487 e. The van der Waals surface area contributed by atoms with Crippen molar-refractivity contribution in [2.75, 3.05) is 0 Å². The molecule has 1 heterocycles. The number of hydrogen-bond acceptors (Lipinski definition) is 2. The Balaban J connectivity index is 2.08. The first kappa shape index (κ1) is 11.1. The lowest BCUT2D eigenvalue weighted by Crippen LogP contribution is -1.98. The maximum Gasteiger partial charge on any atom is 0.138 e. The number of benzene rings is 1. The second kappa shape index (κ2) is 5.07. The van der Waals surface area contributed by atoms with Gasteiger partial charge < -0.3 is 4.74 Å². The van der Waals surface area contributed by atoms with Gasteiger partial charge in [0.05, 0.1) is 6.20 Å². The van der Waals surface area contributed by atoms with Gasteiger partial charge in [-0.1, -0.05) is 15.9 Å². The highest BCUT2D eigenvalue weighted by molar-refractivity contribution is 9.10. The van der Waals surface area contributed by atoms with Crippen molar-refractivity contribution in [2.45, 2.75) is 6.61 Å². The fourth-order valence-corrected chi connectivity index (χ4v) is 1.66. The summed E-state index contributed by atoms with van der Waals surface area (Å²) in [5.74, 6) is 0.356. The zero-order chi connectivity index (χ0) is 11.4.